The number of hydrogen-bond donors (Lipinski definition) is 0. The van der Waals surface area contributed by atoms with Gasteiger partial charge in [0.15, 0.2) is 5.16 Å². The summed E-state index contributed by atoms with van der Waals surface area (Å²) in [5.74, 6) is -0.330. The van der Waals surface area contributed by atoms with Gasteiger partial charge >= 0.3 is 5.97 Å². The van der Waals surface area contributed by atoms with Crippen molar-refractivity contribution in [2.45, 2.75) is 5.16 Å². The van der Waals surface area contributed by atoms with Crippen molar-refractivity contribution in [1.82, 2.24) is 9.97 Å². The van der Waals surface area contributed by atoms with E-state index in [1.807, 2.05) is 6.26 Å². The van der Waals surface area contributed by atoms with Crippen molar-refractivity contribution in [3.05, 3.63) is 17.1 Å². The molecule has 2 heterocycles. The molecule has 4 nitrogen and oxygen atoms in total. The number of fused-ring (bicyclic) bond motifs is 1. The summed E-state index contributed by atoms with van der Waals surface area (Å²) in [5, 5.41) is 0.705. The van der Waals surface area contributed by atoms with Crippen molar-refractivity contribution < 1.29 is 9.53 Å². The first kappa shape index (κ1) is 10.4. The first-order valence-corrected chi connectivity index (χ1v) is 6.17. The van der Waals surface area contributed by atoms with Gasteiger partial charge in [0.2, 0.25) is 0 Å². The third-order valence-electron chi connectivity index (χ3n) is 1.82. The number of carbonyl (C=O) groups is 1. The summed E-state index contributed by atoms with van der Waals surface area (Å²) < 4.78 is 5.54. The van der Waals surface area contributed by atoms with Crippen molar-refractivity contribution in [2.75, 3.05) is 13.4 Å². The first-order chi connectivity index (χ1) is 7.24. The van der Waals surface area contributed by atoms with Crippen molar-refractivity contribution in [3.8, 4) is 0 Å². The molecule has 0 N–H and O–H groups in total. The van der Waals surface area contributed by atoms with E-state index in [0.717, 1.165) is 10.2 Å². The number of thiophene rings is 1. The monoisotopic (exact) mass is 240 g/mol. The molecule has 0 fully saturated rings. The zero-order valence-corrected chi connectivity index (χ0v) is 9.82. The number of ether oxygens (including phenoxy) is 1. The van der Waals surface area contributed by atoms with Gasteiger partial charge in [-0.1, -0.05) is 11.8 Å². The molecule has 0 bridgehead atoms. The standard InChI is InChI=1S/C9H8N2O2S2/c1-13-8(12)6-3-5-7(15-6)4-10-9(11-5)14-2/h3-4H,1-2H3. The van der Waals surface area contributed by atoms with E-state index in [1.54, 1.807) is 12.3 Å². The molecule has 0 saturated heterocycles. The molecule has 0 aliphatic rings. The minimum Gasteiger partial charge on any atom is -0.465 e. The lowest BCUT2D eigenvalue weighted by molar-refractivity contribution is 0.0606. The second-order valence-corrected chi connectivity index (χ2v) is 4.57. The Labute approximate surface area is 94.7 Å². The Morgan fingerprint density at radius 2 is 2.40 bits per heavy atom. The highest BCUT2D eigenvalue weighted by Crippen LogP contribution is 2.25. The lowest BCUT2D eigenvalue weighted by Gasteiger charge is -1.91. The van der Waals surface area contributed by atoms with Crippen LogP contribution in [0.15, 0.2) is 17.4 Å². The van der Waals surface area contributed by atoms with Crippen LogP contribution in [0.5, 0.6) is 0 Å². The second-order valence-electron chi connectivity index (χ2n) is 2.71. The molecule has 0 aliphatic heterocycles. The molecule has 0 atom stereocenters. The Kier molecular flexibility index (Phi) is 2.88. The highest BCUT2D eigenvalue weighted by Gasteiger charge is 2.11. The van der Waals surface area contributed by atoms with Crippen LogP contribution in [0.4, 0.5) is 0 Å². The number of rotatable bonds is 2. The molecular formula is C9H8N2O2S2. The number of carbonyl (C=O) groups excluding carboxylic acids is 1. The van der Waals surface area contributed by atoms with E-state index < -0.39 is 0 Å². The predicted octanol–water partition coefficient (Wildman–Crippen LogP) is 2.20. The Morgan fingerprint density at radius 3 is 3.07 bits per heavy atom. The van der Waals surface area contributed by atoms with Gasteiger partial charge < -0.3 is 4.74 Å². The van der Waals surface area contributed by atoms with Crippen molar-refractivity contribution in [1.29, 1.82) is 0 Å². The molecule has 0 unspecified atom stereocenters. The average Bonchev–Trinajstić information content (AvgIpc) is 2.70. The summed E-state index contributed by atoms with van der Waals surface area (Å²) in [6.07, 6.45) is 3.64. The molecule has 0 aliphatic carbocycles. The minimum absolute atomic E-state index is 0.330. The van der Waals surface area contributed by atoms with Crippen molar-refractivity contribution in [3.63, 3.8) is 0 Å². The molecule has 2 aromatic heterocycles. The van der Waals surface area contributed by atoms with Gasteiger partial charge in [0.1, 0.15) is 4.88 Å². The van der Waals surface area contributed by atoms with E-state index in [9.17, 15) is 4.79 Å². The van der Waals surface area contributed by atoms with Crippen LogP contribution < -0.4 is 0 Å². The van der Waals surface area contributed by atoms with E-state index in [4.69, 9.17) is 0 Å². The molecule has 2 aromatic rings. The SMILES string of the molecule is COC(=O)c1cc2nc(SC)ncc2s1. The molecule has 0 amide bonds. The lowest BCUT2D eigenvalue weighted by atomic mass is 10.4. The largest absolute Gasteiger partial charge is 0.465 e. The third kappa shape index (κ3) is 1.95. The number of methoxy groups -OCH3 is 1. The van der Waals surface area contributed by atoms with Crippen LogP contribution in [0.1, 0.15) is 9.67 Å². The Balaban J connectivity index is 2.51. The number of thioether (sulfide) groups is 1. The Hall–Kier alpha value is -1.14. The number of aromatic nitrogens is 2. The molecule has 78 valence electrons. The molecule has 0 spiro atoms. The van der Waals surface area contributed by atoms with Gasteiger partial charge in [-0.3, -0.25) is 0 Å². The highest BCUT2D eigenvalue weighted by molar-refractivity contribution is 7.98. The maximum Gasteiger partial charge on any atom is 0.348 e. The van der Waals surface area contributed by atoms with Crippen LogP contribution >= 0.6 is 23.1 Å². The van der Waals surface area contributed by atoms with Crippen molar-refractivity contribution >= 4 is 39.3 Å². The van der Waals surface area contributed by atoms with E-state index in [1.165, 1.54) is 30.2 Å². The summed E-state index contributed by atoms with van der Waals surface area (Å²) in [7, 11) is 1.37. The first-order valence-electron chi connectivity index (χ1n) is 4.13. The van der Waals surface area contributed by atoms with Gasteiger partial charge in [-0.05, 0) is 12.3 Å². The average molecular weight is 240 g/mol. The molecule has 15 heavy (non-hydrogen) atoms. The molecule has 2 rings (SSSR count). The fourth-order valence-electron chi connectivity index (χ4n) is 1.12. The quantitative estimate of drug-likeness (QED) is 0.457. The fourth-order valence-corrected chi connectivity index (χ4v) is 2.36. The molecular weight excluding hydrogens is 232 g/mol. The lowest BCUT2D eigenvalue weighted by Crippen LogP contribution is -1.96. The topological polar surface area (TPSA) is 52.1 Å². The van der Waals surface area contributed by atoms with Gasteiger partial charge in [-0.15, -0.1) is 11.3 Å². The van der Waals surface area contributed by atoms with Crippen LogP contribution in [0.2, 0.25) is 0 Å². The normalized spacial score (nSPS) is 10.5. The van der Waals surface area contributed by atoms with Crippen LogP contribution in [-0.4, -0.2) is 29.3 Å². The predicted molar refractivity (Wildman–Crippen MR) is 60.5 cm³/mol. The Morgan fingerprint density at radius 1 is 1.60 bits per heavy atom. The van der Waals surface area contributed by atoms with Crippen molar-refractivity contribution in [2.24, 2.45) is 0 Å². The van der Waals surface area contributed by atoms with E-state index in [-0.39, 0.29) is 5.97 Å². The van der Waals surface area contributed by atoms with E-state index >= 15 is 0 Å². The third-order valence-corrected chi connectivity index (χ3v) is 3.42. The zero-order valence-electron chi connectivity index (χ0n) is 8.18. The Bertz CT molecular complexity index is 510. The van der Waals surface area contributed by atoms with Gasteiger partial charge in [0.25, 0.3) is 0 Å². The number of hydrogen-bond acceptors (Lipinski definition) is 6. The highest BCUT2D eigenvalue weighted by atomic mass is 32.2. The fraction of sp³-hybridized carbons (Fsp3) is 0.222. The molecule has 0 saturated carbocycles. The van der Waals surface area contributed by atoms with Crippen LogP contribution in [-0.2, 0) is 4.74 Å². The van der Waals surface area contributed by atoms with Gasteiger partial charge in [0, 0.05) is 6.20 Å². The van der Waals surface area contributed by atoms with Gasteiger partial charge in [-0.2, -0.15) is 0 Å². The molecule has 0 aromatic carbocycles. The van der Waals surface area contributed by atoms with Gasteiger partial charge in [-0.25, -0.2) is 14.8 Å². The van der Waals surface area contributed by atoms with Crippen LogP contribution in [0.25, 0.3) is 10.2 Å². The smallest absolute Gasteiger partial charge is 0.348 e. The number of nitrogens with zero attached hydrogens (tertiary/aromatic N) is 2. The zero-order chi connectivity index (χ0) is 10.8. The molecule has 0 radical (unpaired) electrons. The van der Waals surface area contributed by atoms with Gasteiger partial charge in [0.05, 0.1) is 17.3 Å². The van der Waals surface area contributed by atoms with E-state index in [0.29, 0.717) is 10.0 Å². The summed E-state index contributed by atoms with van der Waals surface area (Å²) in [4.78, 5) is 20.2. The molecule has 6 heteroatoms. The summed E-state index contributed by atoms with van der Waals surface area (Å²) in [6.45, 7) is 0. The minimum atomic E-state index is -0.330. The summed E-state index contributed by atoms with van der Waals surface area (Å²) in [5.41, 5.74) is 0.791. The van der Waals surface area contributed by atoms with E-state index in [2.05, 4.69) is 14.7 Å². The summed E-state index contributed by atoms with van der Waals surface area (Å²) in [6, 6.07) is 1.73. The number of esters is 1. The second kappa shape index (κ2) is 4.16. The van der Waals surface area contributed by atoms with Crippen LogP contribution in [0, 0.1) is 0 Å². The van der Waals surface area contributed by atoms with Crippen LogP contribution in [0.3, 0.4) is 0 Å². The maximum absolute atomic E-state index is 11.3. The summed E-state index contributed by atoms with van der Waals surface area (Å²) >= 11 is 2.81. The maximum atomic E-state index is 11.3.